The van der Waals surface area contributed by atoms with Gasteiger partial charge in [-0.2, -0.15) is 0 Å². The molecule has 0 radical (unpaired) electrons. The number of fused-ring (bicyclic) bond motifs is 3. The number of methoxy groups -OCH3 is 2. The van der Waals surface area contributed by atoms with E-state index in [4.69, 9.17) is 9.47 Å². The van der Waals surface area contributed by atoms with E-state index in [0.717, 1.165) is 43.5 Å². The number of benzene rings is 1. The van der Waals surface area contributed by atoms with E-state index in [9.17, 15) is 0 Å². The number of piperazine rings is 1. The number of nitrogens with zero attached hydrogens (tertiary/aromatic N) is 2. The molecule has 2 aliphatic heterocycles. The summed E-state index contributed by atoms with van der Waals surface area (Å²) in [6.07, 6.45) is 2.39. The van der Waals surface area contributed by atoms with Crippen molar-refractivity contribution in [3.8, 4) is 11.5 Å². The largest absolute Gasteiger partial charge is 0.493 e. The molecule has 1 saturated heterocycles. The monoisotopic (exact) mass is 332 g/mol. The van der Waals surface area contributed by atoms with Crippen molar-refractivity contribution in [2.24, 2.45) is 5.92 Å². The quantitative estimate of drug-likeness (QED) is 0.825. The van der Waals surface area contributed by atoms with Crippen LogP contribution in [-0.4, -0.2) is 56.2 Å². The highest BCUT2D eigenvalue weighted by Crippen LogP contribution is 2.40. The summed E-state index contributed by atoms with van der Waals surface area (Å²) in [5, 5.41) is 0. The van der Waals surface area contributed by atoms with Crippen molar-refractivity contribution >= 4 is 0 Å². The van der Waals surface area contributed by atoms with E-state index in [2.05, 4.69) is 42.7 Å². The molecule has 1 aromatic rings. The summed E-state index contributed by atoms with van der Waals surface area (Å²) >= 11 is 0. The van der Waals surface area contributed by atoms with Crippen LogP contribution in [-0.2, 0) is 6.42 Å². The summed E-state index contributed by atoms with van der Waals surface area (Å²) in [6.45, 7) is 11.6. The van der Waals surface area contributed by atoms with Crippen LogP contribution in [0.15, 0.2) is 12.1 Å². The third-order valence-electron chi connectivity index (χ3n) is 5.63. The van der Waals surface area contributed by atoms with Gasteiger partial charge in [-0.3, -0.25) is 9.80 Å². The van der Waals surface area contributed by atoms with Crippen LogP contribution >= 0.6 is 0 Å². The van der Waals surface area contributed by atoms with E-state index in [1.54, 1.807) is 14.2 Å². The first-order valence-corrected chi connectivity index (χ1v) is 9.30. The van der Waals surface area contributed by atoms with E-state index in [-0.39, 0.29) is 0 Å². The first-order chi connectivity index (χ1) is 11.6. The summed E-state index contributed by atoms with van der Waals surface area (Å²) in [7, 11) is 3.44. The fraction of sp³-hybridized carbons (Fsp3) is 0.700. The summed E-state index contributed by atoms with van der Waals surface area (Å²) in [4.78, 5) is 5.36. The zero-order valence-corrected chi connectivity index (χ0v) is 15.8. The molecule has 0 unspecified atom stereocenters. The molecule has 0 aliphatic carbocycles. The second kappa shape index (κ2) is 7.32. The maximum Gasteiger partial charge on any atom is 0.161 e. The van der Waals surface area contributed by atoms with Crippen molar-refractivity contribution in [2.75, 3.05) is 40.4 Å². The Morgan fingerprint density at radius 3 is 2.46 bits per heavy atom. The third-order valence-corrected chi connectivity index (χ3v) is 5.63. The van der Waals surface area contributed by atoms with E-state index < -0.39 is 0 Å². The highest BCUT2D eigenvalue weighted by atomic mass is 16.5. The Balaban J connectivity index is 1.89. The Morgan fingerprint density at radius 1 is 1.12 bits per heavy atom. The first-order valence-electron chi connectivity index (χ1n) is 9.30. The van der Waals surface area contributed by atoms with E-state index in [1.807, 2.05) is 0 Å². The van der Waals surface area contributed by atoms with Gasteiger partial charge in [-0.15, -0.1) is 0 Å². The summed E-state index contributed by atoms with van der Waals surface area (Å²) < 4.78 is 11.0. The Kier molecular flexibility index (Phi) is 5.36. The van der Waals surface area contributed by atoms with Crippen LogP contribution in [0.3, 0.4) is 0 Å². The van der Waals surface area contributed by atoms with Gasteiger partial charge in [-0.05, 0) is 48.6 Å². The topological polar surface area (TPSA) is 24.9 Å². The predicted octanol–water partition coefficient (Wildman–Crippen LogP) is 3.35. The fourth-order valence-corrected chi connectivity index (χ4v) is 4.42. The van der Waals surface area contributed by atoms with Crippen LogP contribution in [0.4, 0.5) is 0 Å². The van der Waals surface area contributed by atoms with Crippen molar-refractivity contribution in [3.63, 3.8) is 0 Å². The normalized spacial score (nSPS) is 24.6. The molecule has 0 aromatic heterocycles. The summed E-state index contributed by atoms with van der Waals surface area (Å²) in [5.74, 6) is 2.46. The lowest BCUT2D eigenvalue weighted by atomic mass is 9.87. The average Bonchev–Trinajstić information content (AvgIpc) is 2.59. The third kappa shape index (κ3) is 3.27. The second-order valence-electron chi connectivity index (χ2n) is 7.54. The molecular weight excluding hydrogens is 300 g/mol. The van der Waals surface area contributed by atoms with Crippen molar-refractivity contribution in [1.82, 2.24) is 9.80 Å². The molecule has 4 heteroatoms. The highest BCUT2D eigenvalue weighted by molar-refractivity contribution is 5.49. The van der Waals surface area contributed by atoms with E-state index in [0.29, 0.717) is 12.1 Å². The average molecular weight is 332 g/mol. The summed E-state index contributed by atoms with van der Waals surface area (Å²) in [5.41, 5.74) is 2.85. The number of likely N-dealkylation sites (N-methyl/N-ethyl adjacent to an activating group) is 1. The minimum absolute atomic E-state index is 0.483. The zero-order valence-electron chi connectivity index (χ0n) is 15.8. The number of hydrogen-bond acceptors (Lipinski definition) is 4. The molecule has 1 aromatic carbocycles. The SMILES string of the molecule is CCN1C[C@@H]2c3cc(OC)c(OC)cc3CCN2C[C@H]1CC(C)C. The minimum atomic E-state index is 0.483. The molecule has 3 rings (SSSR count). The lowest BCUT2D eigenvalue weighted by molar-refractivity contribution is 0.0168. The molecule has 0 bridgehead atoms. The second-order valence-corrected chi connectivity index (χ2v) is 7.54. The van der Waals surface area contributed by atoms with Gasteiger partial charge in [-0.25, -0.2) is 0 Å². The lowest BCUT2D eigenvalue weighted by Crippen LogP contribution is -2.56. The molecule has 2 atom stereocenters. The standard InChI is InChI=1S/C20H32N2O2/c1-6-21-13-18-17-11-20(24-5)19(23-4)10-15(17)7-8-22(18)12-16(21)9-14(2)3/h10-11,14,16,18H,6-9,12-13H2,1-5H3/t16-,18-/m1/s1. The van der Waals surface area contributed by atoms with E-state index in [1.165, 1.54) is 24.1 Å². The molecule has 134 valence electrons. The highest BCUT2D eigenvalue weighted by Gasteiger charge is 2.37. The molecule has 0 saturated carbocycles. The van der Waals surface area contributed by atoms with Crippen LogP contribution in [0.2, 0.25) is 0 Å². The minimum Gasteiger partial charge on any atom is -0.493 e. The molecule has 2 heterocycles. The molecular formula is C20H32N2O2. The predicted molar refractivity (Wildman–Crippen MR) is 98.1 cm³/mol. The van der Waals surface area contributed by atoms with Gasteiger partial charge < -0.3 is 9.47 Å². The van der Waals surface area contributed by atoms with Crippen LogP contribution in [0, 0.1) is 5.92 Å². The maximum absolute atomic E-state index is 5.55. The Hall–Kier alpha value is -1.26. The Morgan fingerprint density at radius 2 is 1.83 bits per heavy atom. The summed E-state index contributed by atoms with van der Waals surface area (Å²) in [6, 6.07) is 5.56. The van der Waals surface area contributed by atoms with Crippen LogP contribution in [0.5, 0.6) is 11.5 Å². The van der Waals surface area contributed by atoms with Crippen LogP contribution in [0.25, 0.3) is 0 Å². The van der Waals surface area contributed by atoms with Gasteiger partial charge in [0.05, 0.1) is 14.2 Å². The maximum atomic E-state index is 5.55. The number of hydrogen-bond donors (Lipinski definition) is 0. The number of ether oxygens (including phenoxy) is 2. The van der Waals surface area contributed by atoms with Crippen molar-refractivity contribution < 1.29 is 9.47 Å². The molecule has 1 fully saturated rings. The zero-order chi connectivity index (χ0) is 17.3. The van der Waals surface area contributed by atoms with Crippen molar-refractivity contribution in [1.29, 1.82) is 0 Å². The van der Waals surface area contributed by atoms with Gasteiger partial charge >= 0.3 is 0 Å². The number of rotatable bonds is 5. The van der Waals surface area contributed by atoms with Crippen molar-refractivity contribution in [2.45, 2.75) is 45.7 Å². The molecule has 4 nitrogen and oxygen atoms in total. The molecule has 24 heavy (non-hydrogen) atoms. The first kappa shape index (κ1) is 17.6. The fourth-order valence-electron chi connectivity index (χ4n) is 4.42. The lowest BCUT2D eigenvalue weighted by Gasteiger charge is -2.49. The molecule has 2 aliphatic rings. The van der Waals surface area contributed by atoms with Crippen molar-refractivity contribution in [3.05, 3.63) is 23.3 Å². The Labute approximate surface area is 146 Å². The van der Waals surface area contributed by atoms with Gasteiger partial charge in [0.25, 0.3) is 0 Å². The van der Waals surface area contributed by atoms with Gasteiger partial charge in [-0.1, -0.05) is 20.8 Å². The van der Waals surface area contributed by atoms with E-state index >= 15 is 0 Å². The Bertz CT molecular complexity index is 573. The molecule has 0 spiro atoms. The van der Waals surface area contributed by atoms with Gasteiger partial charge in [0.2, 0.25) is 0 Å². The van der Waals surface area contributed by atoms with Gasteiger partial charge in [0.1, 0.15) is 0 Å². The van der Waals surface area contributed by atoms with Gasteiger partial charge in [0.15, 0.2) is 11.5 Å². The molecule has 0 amide bonds. The van der Waals surface area contributed by atoms with Crippen LogP contribution < -0.4 is 9.47 Å². The molecule has 0 N–H and O–H groups in total. The smallest absolute Gasteiger partial charge is 0.161 e. The van der Waals surface area contributed by atoms with Gasteiger partial charge in [0, 0.05) is 31.7 Å². The van der Waals surface area contributed by atoms with Crippen LogP contribution in [0.1, 0.15) is 44.4 Å².